The van der Waals surface area contributed by atoms with Crippen molar-refractivity contribution in [1.29, 1.82) is 0 Å². The topological polar surface area (TPSA) is 0 Å². The summed E-state index contributed by atoms with van der Waals surface area (Å²) in [6.07, 6.45) is -3.54. The lowest BCUT2D eigenvalue weighted by Gasteiger charge is -2.23. The third kappa shape index (κ3) is 2.22. The van der Waals surface area contributed by atoms with E-state index in [1.54, 1.807) is 0 Å². The second kappa shape index (κ2) is 3.13. The van der Waals surface area contributed by atoms with Crippen LogP contribution in [-0.4, -0.2) is 15.3 Å². The van der Waals surface area contributed by atoms with E-state index < -0.39 is 15.3 Å². The molecule has 0 aliphatic carbocycles. The van der Waals surface area contributed by atoms with Crippen LogP contribution in [0.2, 0.25) is 0 Å². The fourth-order valence-corrected chi connectivity index (χ4v) is 0.371. The molecule has 0 amide bonds. The Kier molecular flexibility index (Phi) is 3.43. The van der Waals surface area contributed by atoms with Gasteiger partial charge in [0.2, 0.25) is 3.79 Å². The van der Waals surface area contributed by atoms with Crippen molar-refractivity contribution in [2.45, 2.75) is 15.3 Å². The Bertz CT molecular complexity index is 117. The quantitative estimate of drug-likeness (QED) is 0.610. The first-order valence-corrected chi connectivity index (χ1v) is 3.43. The van der Waals surface area contributed by atoms with Crippen molar-refractivity contribution < 1.29 is 13.2 Å². The van der Waals surface area contributed by atoms with Crippen LogP contribution < -0.4 is 0 Å². The highest BCUT2D eigenvalue weighted by molar-refractivity contribution is 6.70. The van der Waals surface area contributed by atoms with Crippen LogP contribution in [0.5, 0.6) is 0 Å². The average molecular weight is 236 g/mol. The third-order valence-corrected chi connectivity index (χ3v) is 2.22. The van der Waals surface area contributed by atoms with E-state index in [1.807, 2.05) is 0 Å². The smallest absolute Gasteiger partial charge is 0.215 e. The SMILES string of the molecule is FC(F)C(F)(Cl)C(Cl)(Cl)Cl. The number of hydrogen-bond acceptors (Lipinski definition) is 0. The van der Waals surface area contributed by atoms with E-state index in [-0.39, 0.29) is 0 Å². The van der Waals surface area contributed by atoms with E-state index >= 15 is 0 Å². The van der Waals surface area contributed by atoms with E-state index in [0.29, 0.717) is 0 Å². The fourth-order valence-electron chi connectivity index (χ4n) is 0.124. The van der Waals surface area contributed by atoms with Crippen molar-refractivity contribution >= 4 is 46.4 Å². The van der Waals surface area contributed by atoms with Gasteiger partial charge in [0.1, 0.15) is 0 Å². The Balaban J connectivity index is 4.40. The minimum atomic E-state index is -3.63. The summed E-state index contributed by atoms with van der Waals surface area (Å²) < 4.78 is 32.6. The highest BCUT2D eigenvalue weighted by atomic mass is 35.6. The zero-order valence-corrected chi connectivity index (χ0v) is 7.25. The summed E-state index contributed by atoms with van der Waals surface area (Å²) in [4.78, 5) is 0. The van der Waals surface area contributed by atoms with Crippen LogP contribution in [0.25, 0.3) is 0 Å². The maximum absolute atomic E-state index is 12.3. The largest absolute Gasteiger partial charge is 0.290 e. The normalized spacial score (nSPS) is 19.2. The summed E-state index contributed by atoms with van der Waals surface area (Å²) >= 11 is 18.8. The predicted octanol–water partition coefficient (Wildman–Crippen LogP) is 3.53. The third-order valence-electron chi connectivity index (χ3n) is 0.652. The van der Waals surface area contributed by atoms with E-state index in [9.17, 15) is 13.2 Å². The molecule has 0 spiro atoms. The molecule has 0 saturated heterocycles. The van der Waals surface area contributed by atoms with Crippen LogP contribution >= 0.6 is 46.4 Å². The molecule has 0 aliphatic rings. The molecule has 1 atom stereocenters. The lowest BCUT2D eigenvalue weighted by molar-refractivity contribution is 0.0243. The van der Waals surface area contributed by atoms with E-state index in [2.05, 4.69) is 11.6 Å². The van der Waals surface area contributed by atoms with E-state index in [0.717, 1.165) is 0 Å². The summed E-state index contributed by atoms with van der Waals surface area (Å²) in [5.41, 5.74) is 0. The Morgan fingerprint density at radius 3 is 1.30 bits per heavy atom. The van der Waals surface area contributed by atoms with Crippen LogP contribution in [0.4, 0.5) is 13.2 Å². The van der Waals surface area contributed by atoms with Gasteiger partial charge in [0, 0.05) is 0 Å². The standard InChI is InChI=1S/C3HCl4F3/c4-2(10,1(8)9)3(5,6)7/h1H. The molecule has 0 aromatic heterocycles. The molecular weight excluding hydrogens is 235 g/mol. The lowest BCUT2D eigenvalue weighted by Crippen LogP contribution is -2.39. The minimum Gasteiger partial charge on any atom is -0.215 e. The highest BCUT2D eigenvalue weighted by Gasteiger charge is 2.55. The number of halogens is 7. The second-order valence-electron chi connectivity index (χ2n) is 1.42. The molecule has 0 heterocycles. The van der Waals surface area contributed by atoms with Gasteiger partial charge < -0.3 is 0 Å². The van der Waals surface area contributed by atoms with Gasteiger partial charge in [0.05, 0.1) is 0 Å². The summed E-state index contributed by atoms with van der Waals surface area (Å²) in [7, 11) is 0. The van der Waals surface area contributed by atoms with Crippen LogP contribution in [0, 0.1) is 0 Å². The molecule has 62 valence electrons. The van der Waals surface area contributed by atoms with Crippen molar-refractivity contribution in [2.24, 2.45) is 0 Å². The molecule has 0 radical (unpaired) electrons. The maximum atomic E-state index is 12.3. The number of hydrogen-bond donors (Lipinski definition) is 0. The van der Waals surface area contributed by atoms with E-state index in [1.165, 1.54) is 0 Å². The van der Waals surface area contributed by atoms with Crippen LogP contribution in [0.1, 0.15) is 0 Å². The molecule has 0 aliphatic heterocycles. The molecule has 0 aromatic rings. The van der Waals surface area contributed by atoms with Crippen molar-refractivity contribution in [3.8, 4) is 0 Å². The van der Waals surface area contributed by atoms with Crippen LogP contribution in [0.15, 0.2) is 0 Å². The molecular formula is C3HCl4F3. The first kappa shape index (κ1) is 11.0. The van der Waals surface area contributed by atoms with Gasteiger partial charge in [-0.25, -0.2) is 13.2 Å². The van der Waals surface area contributed by atoms with Crippen molar-refractivity contribution in [1.82, 2.24) is 0 Å². The fraction of sp³-hybridized carbons (Fsp3) is 1.00. The van der Waals surface area contributed by atoms with Crippen molar-refractivity contribution in [3.05, 3.63) is 0 Å². The molecule has 0 saturated carbocycles. The van der Waals surface area contributed by atoms with Gasteiger partial charge in [-0.1, -0.05) is 46.4 Å². The summed E-state index contributed by atoms with van der Waals surface area (Å²) in [6, 6.07) is 0. The first-order valence-electron chi connectivity index (χ1n) is 1.92. The van der Waals surface area contributed by atoms with Crippen molar-refractivity contribution in [2.75, 3.05) is 0 Å². The van der Waals surface area contributed by atoms with Gasteiger partial charge in [-0.15, -0.1) is 0 Å². The van der Waals surface area contributed by atoms with Crippen LogP contribution in [-0.2, 0) is 0 Å². The van der Waals surface area contributed by atoms with Crippen molar-refractivity contribution in [3.63, 3.8) is 0 Å². The predicted molar refractivity (Wildman–Crippen MR) is 36.0 cm³/mol. The molecule has 10 heavy (non-hydrogen) atoms. The molecule has 0 fully saturated rings. The first-order chi connectivity index (χ1) is 4.19. The van der Waals surface area contributed by atoms with Gasteiger partial charge in [0.15, 0.2) is 0 Å². The Morgan fingerprint density at radius 2 is 1.30 bits per heavy atom. The summed E-state index contributed by atoms with van der Waals surface area (Å²) in [5, 5.41) is -3.63. The average Bonchev–Trinajstić information content (AvgIpc) is 1.62. The zero-order valence-electron chi connectivity index (χ0n) is 4.22. The van der Waals surface area contributed by atoms with Crippen LogP contribution in [0.3, 0.4) is 0 Å². The van der Waals surface area contributed by atoms with Gasteiger partial charge in [-0.05, 0) is 0 Å². The maximum Gasteiger partial charge on any atom is 0.290 e. The Morgan fingerprint density at radius 1 is 1.00 bits per heavy atom. The Hall–Kier alpha value is 0.950. The molecule has 1 unspecified atom stereocenters. The lowest BCUT2D eigenvalue weighted by atomic mass is 10.4. The van der Waals surface area contributed by atoms with Gasteiger partial charge in [-0.2, -0.15) is 0 Å². The number of alkyl halides is 7. The second-order valence-corrected chi connectivity index (χ2v) is 4.25. The minimum absolute atomic E-state index is 2.82. The molecule has 0 bridgehead atoms. The van der Waals surface area contributed by atoms with E-state index in [4.69, 9.17) is 34.8 Å². The Labute approximate surface area is 75.2 Å². The molecule has 0 rings (SSSR count). The van der Waals surface area contributed by atoms with Gasteiger partial charge in [0.25, 0.3) is 11.6 Å². The molecule has 0 N–H and O–H groups in total. The highest BCUT2D eigenvalue weighted by Crippen LogP contribution is 2.47. The summed E-state index contributed by atoms with van der Waals surface area (Å²) in [6.45, 7) is 0. The van der Waals surface area contributed by atoms with Gasteiger partial charge >= 0.3 is 0 Å². The van der Waals surface area contributed by atoms with Gasteiger partial charge in [-0.3, -0.25) is 0 Å². The molecule has 0 nitrogen and oxygen atoms in total. The number of rotatable bonds is 1. The molecule has 7 heteroatoms. The molecule has 0 aromatic carbocycles. The zero-order chi connectivity index (χ0) is 8.58. The summed E-state index contributed by atoms with van der Waals surface area (Å²) in [5.74, 6) is 0. The monoisotopic (exact) mass is 234 g/mol.